The van der Waals surface area contributed by atoms with Crippen molar-refractivity contribution in [3.05, 3.63) is 47.3 Å². The van der Waals surface area contributed by atoms with E-state index < -0.39 is 10.0 Å². The third kappa shape index (κ3) is 4.26. The highest BCUT2D eigenvalue weighted by atomic mass is 32.2. The zero-order chi connectivity index (χ0) is 21.1. The molecule has 2 fully saturated rings. The maximum Gasteiger partial charge on any atom is 0.252 e. The van der Waals surface area contributed by atoms with E-state index in [4.69, 9.17) is 4.74 Å². The van der Waals surface area contributed by atoms with Crippen LogP contribution in [0.4, 0.5) is 0 Å². The van der Waals surface area contributed by atoms with E-state index in [1.54, 1.807) is 17.5 Å². The number of rotatable bonds is 6. The Morgan fingerprint density at radius 3 is 2.60 bits per heavy atom. The van der Waals surface area contributed by atoms with Gasteiger partial charge in [0.15, 0.2) is 0 Å². The number of nitrogens with zero attached hydrogens (tertiary/aromatic N) is 2. The quantitative estimate of drug-likeness (QED) is 0.672. The van der Waals surface area contributed by atoms with Crippen LogP contribution in [0.25, 0.3) is 0 Å². The third-order valence-electron chi connectivity index (χ3n) is 5.93. The van der Waals surface area contributed by atoms with Gasteiger partial charge in [0, 0.05) is 19.6 Å². The van der Waals surface area contributed by atoms with Crippen LogP contribution in [0.1, 0.15) is 44.2 Å². The smallest absolute Gasteiger partial charge is 0.252 e. The maximum atomic E-state index is 13.4. The number of benzene rings is 1. The highest BCUT2D eigenvalue weighted by Gasteiger charge is 2.38. The number of thiophene rings is 1. The Kier molecular flexibility index (Phi) is 6.46. The van der Waals surface area contributed by atoms with Crippen LogP contribution >= 0.6 is 11.3 Å². The molecule has 1 amide bonds. The van der Waals surface area contributed by atoms with E-state index in [0.29, 0.717) is 23.8 Å². The van der Waals surface area contributed by atoms with Gasteiger partial charge in [-0.15, -0.1) is 11.3 Å². The maximum absolute atomic E-state index is 13.4. The molecule has 0 unspecified atom stereocenters. The zero-order valence-corrected chi connectivity index (χ0v) is 18.8. The SMILES string of the molecule is CCOc1ccc([C@H]2CCCN2C(=O)[C@H]2CCCN(S(=O)(=O)c3cccs3)C2)cc1. The second-order valence-electron chi connectivity index (χ2n) is 7.83. The lowest BCUT2D eigenvalue weighted by Gasteiger charge is -2.35. The molecule has 0 aliphatic carbocycles. The number of ether oxygens (including phenoxy) is 1. The van der Waals surface area contributed by atoms with E-state index in [9.17, 15) is 13.2 Å². The highest BCUT2D eigenvalue weighted by Crippen LogP contribution is 2.36. The van der Waals surface area contributed by atoms with Crippen LogP contribution in [0.15, 0.2) is 46.0 Å². The average molecular weight is 449 g/mol. The first-order chi connectivity index (χ1) is 14.5. The lowest BCUT2D eigenvalue weighted by molar-refractivity contribution is -0.137. The van der Waals surface area contributed by atoms with E-state index in [2.05, 4.69) is 0 Å². The Hall–Kier alpha value is -1.90. The molecule has 2 saturated heterocycles. The predicted molar refractivity (Wildman–Crippen MR) is 117 cm³/mol. The summed E-state index contributed by atoms with van der Waals surface area (Å²) in [7, 11) is -3.52. The molecule has 0 N–H and O–H groups in total. The Labute approximate surface area is 182 Å². The highest BCUT2D eigenvalue weighted by molar-refractivity contribution is 7.91. The molecule has 0 radical (unpaired) electrons. The minimum atomic E-state index is -3.52. The van der Waals surface area contributed by atoms with Crippen LogP contribution in [0.2, 0.25) is 0 Å². The van der Waals surface area contributed by atoms with Crippen molar-refractivity contribution in [2.75, 3.05) is 26.2 Å². The molecular weight excluding hydrogens is 420 g/mol. The molecule has 162 valence electrons. The molecular formula is C22H28N2O4S2. The lowest BCUT2D eigenvalue weighted by Crippen LogP contribution is -2.46. The van der Waals surface area contributed by atoms with Crippen molar-refractivity contribution >= 4 is 27.3 Å². The molecule has 2 atom stereocenters. The number of piperidine rings is 1. The van der Waals surface area contributed by atoms with Gasteiger partial charge in [0.05, 0.1) is 18.6 Å². The molecule has 2 aliphatic heterocycles. The van der Waals surface area contributed by atoms with Gasteiger partial charge in [-0.3, -0.25) is 4.79 Å². The summed E-state index contributed by atoms with van der Waals surface area (Å²) in [5.41, 5.74) is 1.11. The van der Waals surface area contributed by atoms with E-state index >= 15 is 0 Å². The number of likely N-dealkylation sites (tertiary alicyclic amines) is 1. The van der Waals surface area contributed by atoms with Gasteiger partial charge in [-0.25, -0.2) is 8.42 Å². The van der Waals surface area contributed by atoms with Crippen LogP contribution in [0.5, 0.6) is 5.75 Å². The minimum absolute atomic E-state index is 0.0532. The van der Waals surface area contributed by atoms with Crippen molar-refractivity contribution in [2.45, 2.75) is 42.9 Å². The summed E-state index contributed by atoms with van der Waals surface area (Å²) < 4.78 is 33.2. The van der Waals surface area contributed by atoms with Crippen molar-refractivity contribution in [3.8, 4) is 5.75 Å². The Morgan fingerprint density at radius 1 is 1.13 bits per heavy atom. The number of carbonyl (C=O) groups excluding carboxylic acids is 1. The molecule has 0 saturated carbocycles. The van der Waals surface area contributed by atoms with Gasteiger partial charge in [0.2, 0.25) is 5.91 Å². The van der Waals surface area contributed by atoms with Gasteiger partial charge in [0.1, 0.15) is 9.96 Å². The fraction of sp³-hybridized carbons (Fsp3) is 0.500. The number of hydrogen-bond donors (Lipinski definition) is 0. The molecule has 0 spiro atoms. The van der Waals surface area contributed by atoms with Crippen molar-refractivity contribution in [1.82, 2.24) is 9.21 Å². The monoisotopic (exact) mass is 448 g/mol. The first kappa shape index (κ1) is 21.3. The largest absolute Gasteiger partial charge is 0.494 e. The number of hydrogen-bond acceptors (Lipinski definition) is 5. The summed E-state index contributed by atoms with van der Waals surface area (Å²) in [6, 6.07) is 11.4. The molecule has 2 aliphatic rings. The van der Waals surface area contributed by atoms with Gasteiger partial charge in [-0.05, 0) is 61.7 Å². The van der Waals surface area contributed by atoms with Gasteiger partial charge >= 0.3 is 0 Å². The van der Waals surface area contributed by atoms with Crippen molar-refractivity contribution < 1.29 is 17.9 Å². The lowest BCUT2D eigenvalue weighted by atomic mass is 9.96. The first-order valence-electron chi connectivity index (χ1n) is 10.6. The average Bonchev–Trinajstić information content (AvgIpc) is 3.47. The summed E-state index contributed by atoms with van der Waals surface area (Å²) in [5, 5.41) is 1.77. The van der Waals surface area contributed by atoms with E-state index in [1.165, 1.54) is 15.6 Å². The molecule has 1 aromatic carbocycles. The van der Waals surface area contributed by atoms with Gasteiger partial charge in [0.25, 0.3) is 10.0 Å². The zero-order valence-electron chi connectivity index (χ0n) is 17.2. The minimum Gasteiger partial charge on any atom is -0.494 e. The number of amides is 1. The van der Waals surface area contributed by atoms with Gasteiger partial charge < -0.3 is 9.64 Å². The predicted octanol–water partition coefficient (Wildman–Crippen LogP) is 3.91. The fourth-order valence-electron chi connectivity index (χ4n) is 4.46. The van der Waals surface area contributed by atoms with Gasteiger partial charge in [-0.1, -0.05) is 18.2 Å². The van der Waals surface area contributed by atoms with Crippen LogP contribution in [0.3, 0.4) is 0 Å². The summed E-state index contributed by atoms with van der Waals surface area (Å²) in [6.07, 6.45) is 3.35. The summed E-state index contributed by atoms with van der Waals surface area (Å²) >= 11 is 1.23. The van der Waals surface area contributed by atoms with E-state index in [0.717, 1.165) is 37.1 Å². The standard InChI is InChI=1S/C22H28N2O4S2/c1-2-28-19-11-9-17(10-12-19)20-7-4-14-24(20)22(25)18-6-3-13-23(16-18)30(26,27)21-8-5-15-29-21/h5,8-12,15,18,20H,2-4,6-7,13-14,16H2,1H3/t18-,20+/m0/s1. The van der Waals surface area contributed by atoms with Crippen LogP contribution in [-0.2, 0) is 14.8 Å². The van der Waals surface area contributed by atoms with Crippen LogP contribution in [-0.4, -0.2) is 49.8 Å². The van der Waals surface area contributed by atoms with Gasteiger partial charge in [-0.2, -0.15) is 4.31 Å². The first-order valence-corrected chi connectivity index (χ1v) is 12.9. The molecule has 6 nitrogen and oxygen atoms in total. The molecule has 2 aromatic rings. The number of sulfonamides is 1. The molecule has 0 bridgehead atoms. The second kappa shape index (κ2) is 9.08. The molecule has 1 aromatic heterocycles. The third-order valence-corrected chi connectivity index (χ3v) is 9.17. The second-order valence-corrected chi connectivity index (χ2v) is 10.9. The molecule has 30 heavy (non-hydrogen) atoms. The van der Waals surface area contributed by atoms with E-state index in [1.807, 2.05) is 36.1 Å². The van der Waals surface area contributed by atoms with Crippen LogP contribution < -0.4 is 4.74 Å². The Morgan fingerprint density at radius 2 is 1.90 bits per heavy atom. The normalized spacial score (nSPS) is 22.9. The van der Waals surface area contributed by atoms with Crippen LogP contribution in [0, 0.1) is 5.92 Å². The summed E-state index contributed by atoms with van der Waals surface area (Å²) in [4.78, 5) is 15.4. The summed E-state index contributed by atoms with van der Waals surface area (Å²) in [6.45, 7) is 4.06. The number of carbonyl (C=O) groups is 1. The van der Waals surface area contributed by atoms with Crippen molar-refractivity contribution in [3.63, 3.8) is 0 Å². The summed E-state index contributed by atoms with van der Waals surface area (Å²) in [5.74, 6) is 0.632. The molecule has 8 heteroatoms. The van der Waals surface area contributed by atoms with E-state index in [-0.39, 0.29) is 24.4 Å². The molecule has 4 rings (SSSR count). The Bertz CT molecular complexity index is 958. The Balaban J connectivity index is 1.47. The fourth-order valence-corrected chi connectivity index (χ4v) is 7.13. The van der Waals surface area contributed by atoms with Crippen molar-refractivity contribution in [1.29, 1.82) is 0 Å². The topological polar surface area (TPSA) is 66.9 Å². The van der Waals surface area contributed by atoms with Crippen molar-refractivity contribution in [2.24, 2.45) is 5.92 Å². The molecule has 3 heterocycles.